The van der Waals surface area contributed by atoms with Crippen LogP contribution in [0.5, 0.6) is 0 Å². The van der Waals surface area contributed by atoms with E-state index in [0.717, 1.165) is 28.8 Å². The predicted molar refractivity (Wildman–Crippen MR) is 66.0 cm³/mol. The summed E-state index contributed by atoms with van der Waals surface area (Å²) in [6, 6.07) is 11.9. The van der Waals surface area contributed by atoms with Crippen molar-refractivity contribution in [1.82, 2.24) is 20.0 Å². The Hall–Kier alpha value is -2.23. The second kappa shape index (κ2) is 3.97. The Morgan fingerprint density at radius 1 is 1.18 bits per heavy atom. The van der Waals surface area contributed by atoms with E-state index in [1.165, 1.54) is 0 Å². The number of para-hydroxylation sites is 1. The van der Waals surface area contributed by atoms with Gasteiger partial charge in [0.1, 0.15) is 5.52 Å². The molecule has 0 bridgehead atoms. The summed E-state index contributed by atoms with van der Waals surface area (Å²) in [6.07, 6.45) is 2.73. The quantitative estimate of drug-likeness (QED) is 0.671. The molecule has 17 heavy (non-hydrogen) atoms. The first kappa shape index (κ1) is 9.96. The molecule has 0 amide bonds. The second-order valence-electron chi connectivity index (χ2n) is 3.85. The normalized spacial score (nSPS) is 10.9. The third-order valence-electron chi connectivity index (χ3n) is 2.76. The monoisotopic (exact) mass is 224 g/mol. The molecule has 0 saturated heterocycles. The van der Waals surface area contributed by atoms with Gasteiger partial charge in [-0.3, -0.25) is 4.98 Å². The van der Waals surface area contributed by atoms with Crippen LogP contribution >= 0.6 is 0 Å². The Balaban J connectivity index is 2.20. The van der Waals surface area contributed by atoms with Gasteiger partial charge in [-0.2, -0.15) is 0 Å². The number of fused-ring (bicyclic) bond motifs is 1. The molecule has 4 heteroatoms. The van der Waals surface area contributed by atoms with Crippen molar-refractivity contribution in [3.63, 3.8) is 0 Å². The summed E-state index contributed by atoms with van der Waals surface area (Å²) in [5.74, 6) is 0. The lowest BCUT2D eigenvalue weighted by Gasteiger charge is -2.03. The SMILES string of the molecule is CCc1cc(-n2nnc3ccccc32)ccn1. The van der Waals surface area contributed by atoms with Crippen LogP contribution in [0.15, 0.2) is 42.6 Å². The summed E-state index contributed by atoms with van der Waals surface area (Å²) < 4.78 is 1.84. The summed E-state index contributed by atoms with van der Waals surface area (Å²) >= 11 is 0. The maximum atomic E-state index is 4.29. The summed E-state index contributed by atoms with van der Waals surface area (Å²) in [5, 5.41) is 8.32. The highest BCUT2D eigenvalue weighted by molar-refractivity contribution is 5.75. The minimum Gasteiger partial charge on any atom is -0.261 e. The molecule has 0 aliphatic rings. The smallest absolute Gasteiger partial charge is 0.113 e. The van der Waals surface area contributed by atoms with Crippen LogP contribution in [-0.2, 0) is 6.42 Å². The van der Waals surface area contributed by atoms with Crippen molar-refractivity contribution >= 4 is 11.0 Å². The lowest BCUT2D eigenvalue weighted by atomic mass is 10.2. The molecule has 0 radical (unpaired) electrons. The van der Waals surface area contributed by atoms with Crippen LogP contribution in [0.25, 0.3) is 16.7 Å². The van der Waals surface area contributed by atoms with Crippen LogP contribution in [0.3, 0.4) is 0 Å². The first-order valence-corrected chi connectivity index (χ1v) is 5.64. The average molecular weight is 224 g/mol. The van der Waals surface area contributed by atoms with Gasteiger partial charge in [-0.1, -0.05) is 24.3 Å². The molecule has 0 fully saturated rings. The zero-order valence-corrected chi connectivity index (χ0v) is 9.54. The molecule has 0 unspecified atom stereocenters. The van der Waals surface area contributed by atoms with Crippen LogP contribution < -0.4 is 0 Å². The van der Waals surface area contributed by atoms with E-state index in [4.69, 9.17) is 0 Å². The lowest BCUT2D eigenvalue weighted by Crippen LogP contribution is -1.98. The average Bonchev–Trinajstić information content (AvgIpc) is 2.82. The van der Waals surface area contributed by atoms with Crippen LogP contribution in [0.2, 0.25) is 0 Å². The van der Waals surface area contributed by atoms with Gasteiger partial charge >= 0.3 is 0 Å². The molecule has 0 aliphatic heterocycles. The fraction of sp³-hybridized carbons (Fsp3) is 0.154. The van der Waals surface area contributed by atoms with Crippen molar-refractivity contribution in [2.45, 2.75) is 13.3 Å². The Bertz CT molecular complexity index is 657. The molecule has 2 heterocycles. The lowest BCUT2D eigenvalue weighted by molar-refractivity contribution is 0.818. The Labute approximate surface area is 98.9 Å². The van der Waals surface area contributed by atoms with E-state index >= 15 is 0 Å². The van der Waals surface area contributed by atoms with Crippen molar-refractivity contribution in [1.29, 1.82) is 0 Å². The van der Waals surface area contributed by atoms with Gasteiger partial charge in [0.25, 0.3) is 0 Å². The van der Waals surface area contributed by atoms with Crippen LogP contribution in [0, 0.1) is 0 Å². The first-order valence-electron chi connectivity index (χ1n) is 5.64. The van der Waals surface area contributed by atoms with Gasteiger partial charge in [0.2, 0.25) is 0 Å². The number of aryl methyl sites for hydroxylation is 1. The predicted octanol–water partition coefficient (Wildman–Crippen LogP) is 2.38. The highest BCUT2D eigenvalue weighted by Gasteiger charge is 2.05. The van der Waals surface area contributed by atoms with Crippen LogP contribution in [0.4, 0.5) is 0 Å². The van der Waals surface area contributed by atoms with E-state index in [9.17, 15) is 0 Å². The highest BCUT2D eigenvalue weighted by atomic mass is 15.4. The highest BCUT2D eigenvalue weighted by Crippen LogP contribution is 2.15. The van der Waals surface area contributed by atoms with Crippen molar-refractivity contribution < 1.29 is 0 Å². The molecule has 2 aromatic heterocycles. The number of hydrogen-bond acceptors (Lipinski definition) is 3. The van der Waals surface area contributed by atoms with Crippen molar-refractivity contribution in [2.24, 2.45) is 0 Å². The maximum Gasteiger partial charge on any atom is 0.113 e. The van der Waals surface area contributed by atoms with E-state index in [1.54, 1.807) is 0 Å². The third-order valence-corrected chi connectivity index (χ3v) is 2.76. The Morgan fingerprint density at radius 2 is 2.06 bits per heavy atom. The molecule has 4 nitrogen and oxygen atoms in total. The molecule has 0 atom stereocenters. The van der Waals surface area contributed by atoms with E-state index in [1.807, 2.05) is 47.3 Å². The van der Waals surface area contributed by atoms with Crippen LogP contribution in [-0.4, -0.2) is 20.0 Å². The summed E-state index contributed by atoms with van der Waals surface area (Å²) in [5.41, 5.74) is 3.98. The van der Waals surface area contributed by atoms with Crippen molar-refractivity contribution in [3.05, 3.63) is 48.3 Å². The van der Waals surface area contributed by atoms with E-state index in [0.29, 0.717) is 0 Å². The third kappa shape index (κ3) is 1.67. The van der Waals surface area contributed by atoms with Gasteiger partial charge in [0.15, 0.2) is 0 Å². The molecule has 0 saturated carbocycles. The topological polar surface area (TPSA) is 43.6 Å². The Kier molecular flexibility index (Phi) is 2.33. The number of pyridine rings is 1. The largest absolute Gasteiger partial charge is 0.261 e. The fourth-order valence-electron chi connectivity index (χ4n) is 1.85. The summed E-state index contributed by atoms with van der Waals surface area (Å²) in [7, 11) is 0. The Morgan fingerprint density at radius 3 is 2.94 bits per heavy atom. The molecule has 3 aromatic rings. The van der Waals surface area contributed by atoms with Gasteiger partial charge in [0, 0.05) is 11.9 Å². The number of benzene rings is 1. The van der Waals surface area contributed by atoms with E-state index < -0.39 is 0 Å². The molecule has 3 rings (SSSR count). The second-order valence-corrected chi connectivity index (χ2v) is 3.85. The molecule has 0 aliphatic carbocycles. The minimum absolute atomic E-state index is 0.905. The number of aromatic nitrogens is 4. The number of hydrogen-bond donors (Lipinski definition) is 0. The summed E-state index contributed by atoms with van der Waals surface area (Å²) in [6.45, 7) is 2.09. The van der Waals surface area contributed by atoms with Gasteiger partial charge in [-0.25, -0.2) is 4.68 Å². The van der Waals surface area contributed by atoms with E-state index in [2.05, 4.69) is 22.2 Å². The van der Waals surface area contributed by atoms with Crippen LogP contribution in [0.1, 0.15) is 12.6 Å². The molecule has 84 valence electrons. The molecule has 0 spiro atoms. The molecular formula is C13H12N4. The minimum atomic E-state index is 0.905. The van der Waals surface area contributed by atoms with E-state index in [-0.39, 0.29) is 0 Å². The number of nitrogens with zero attached hydrogens (tertiary/aromatic N) is 4. The van der Waals surface area contributed by atoms with Crippen molar-refractivity contribution in [3.8, 4) is 5.69 Å². The molecule has 1 aromatic carbocycles. The standard InChI is InChI=1S/C13H12N4/c1-2-10-9-11(7-8-14-10)17-13-6-4-3-5-12(13)15-16-17/h3-9H,2H2,1H3. The number of rotatable bonds is 2. The van der Waals surface area contributed by atoms with Gasteiger partial charge < -0.3 is 0 Å². The first-order chi connectivity index (χ1) is 8.38. The van der Waals surface area contributed by atoms with Gasteiger partial charge in [-0.05, 0) is 30.7 Å². The fourth-order valence-corrected chi connectivity index (χ4v) is 1.85. The van der Waals surface area contributed by atoms with Crippen molar-refractivity contribution in [2.75, 3.05) is 0 Å². The zero-order valence-electron chi connectivity index (χ0n) is 9.54. The maximum absolute atomic E-state index is 4.29. The molecule has 0 N–H and O–H groups in total. The molecular weight excluding hydrogens is 212 g/mol. The van der Waals surface area contributed by atoms with Gasteiger partial charge in [0.05, 0.1) is 11.2 Å². The van der Waals surface area contributed by atoms with Gasteiger partial charge in [-0.15, -0.1) is 5.10 Å². The zero-order chi connectivity index (χ0) is 11.7. The summed E-state index contributed by atoms with van der Waals surface area (Å²) in [4.78, 5) is 4.29.